The van der Waals surface area contributed by atoms with Crippen LogP contribution in [0.1, 0.15) is 14.6 Å². The van der Waals surface area contributed by atoms with Gasteiger partial charge in [-0.2, -0.15) is 0 Å². The third kappa shape index (κ3) is 4.82. The first-order valence-corrected chi connectivity index (χ1v) is 9.29. The molecule has 0 radical (unpaired) electrons. The molecular weight excluding hydrogens is 392 g/mol. The Kier molecular flexibility index (Phi) is 5.05. The van der Waals surface area contributed by atoms with Gasteiger partial charge in [-0.05, 0) is 0 Å². The van der Waals surface area contributed by atoms with E-state index in [2.05, 4.69) is 30.6 Å². The highest BCUT2D eigenvalue weighted by molar-refractivity contribution is 7.90. The van der Waals surface area contributed by atoms with Crippen LogP contribution < -0.4 is 20.7 Å². The van der Waals surface area contributed by atoms with E-state index in [0.29, 0.717) is 0 Å². The summed E-state index contributed by atoms with van der Waals surface area (Å²) in [6.45, 7) is -2.82. The fourth-order valence-corrected chi connectivity index (χ4v) is 2.76. The summed E-state index contributed by atoms with van der Waals surface area (Å²) in [6, 6.07) is 2.32. The Morgan fingerprint density at radius 2 is 1.96 bits per heavy atom. The van der Waals surface area contributed by atoms with Gasteiger partial charge < -0.3 is 20.1 Å². The minimum Gasteiger partial charge on any atom is -0.495 e. The quantitative estimate of drug-likeness (QED) is 0.610. The molecule has 0 bridgehead atoms. The maximum absolute atomic E-state index is 12.4. The molecule has 0 aromatic carbocycles. The van der Waals surface area contributed by atoms with Crippen molar-refractivity contribution in [1.29, 1.82) is 0 Å². The van der Waals surface area contributed by atoms with E-state index in [1.165, 1.54) is 19.4 Å². The number of methoxy groups -OCH3 is 2. The first kappa shape index (κ1) is 16.7. The van der Waals surface area contributed by atoms with Crippen LogP contribution in [0.5, 0.6) is 5.75 Å². The molecule has 28 heavy (non-hydrogen) atoms. The van der Waals surface area contributed by atoms with Crippen molar-refractivity contribution in [1.82, 2.24) is 20.5 Å². The molecule has 12 nitrogen and oxygen atoms in total. The lowest BCUT2D eigenvalue weighted by Gasteiger charge is -2.14. The number of pyridine rings is 1. The zero-order chi connectivity index (χ0) is 23.4. The Labute approximate surface area is 164 Å². The van der Waals surface area contributed by atoms with Crippen LogP contribution in [0.3, 0.4) is 0 Å². The Morgan fingerprint density at radius 1 is 1.21 bits per heavy atom. The van der Waals surface area contributed by atoms with E-state index in [4.69, 9.17) is 8.85 Å². The van der Waals surface area contributed by atoms with Crippen LogP contribution in [0.2, 0.25) is 0 Å². The predicted octanol–water partition coefficient (Wildman–Crippen LogP) is 0.565. The van der Waals surface area contributed by atoms with Crippen LogP contribution >= 0.6 is 0 Å². The second kappa shape index (κ2) is 8.47. The molecule has 3 N–H and O–H groups in total. The fraction of sp³-hybridized carbons (Fsp3) is 0.267. The van der Waals surface area contributed by atoms with Crippen molar-refractivity contribution in [3.05, 3.63) is 24.0 Å². The van der Waals surface area contributed by atoms with E-state index < -0.39 is 34.5 Å². The van der Waals surface area contributed by atoms with Crippen molar-refractivity contribution < 1.29 is 31.6 Å². The predicted molar refractivity (Wildman–Crippen MR) is 98.6 cm³/mol. The number of carbonyl (C=O) groups is 2. The van der Waals surface area contributed by atoms with Gasteiger partial charge in [0.05, 0.1) is 26.1 Å². The number of hydrogen-bond donors (Lipinski definition) is 3. The number of nitrogens with one attached hydrogen (secondary N) is 3. The number of sulfone groups is 1. The minimum absolute atomic E-state index is 0.159. The molecule has 2 heterocycles. The van der Waals surface area contributed by atoms with Crippen molar-refractivity contribution in [2.24, 2.45) is 0 Å². The molecule has 0 atom stereocenters. The molecule has 150 valence electrons. The number of amides is 2. The molecule has 2 amide bonds. The Balaban J connectivity index is 2.58. The van der Waals surface area contributed by atoms with Crippen LogP contribution in [-0.2, 0) is 14.6 Å². The zero-order valence-electron chi connectivity index (χ0n) is 17.9. The number of rotatable bonds is 6. The smallest absolute Gasteiger partial charge is 0.412 e. The standard InChI is InChI=1S/C15H18N6O6S/c1-16-14(22)12-9(6-11(20-21-12)19-15(23)27-3)18-13-10(28(4,24)25)5-8(26-2)7-17-13/h5-7H,1-4H3,(H,16,22)(H2,17,18,19,20,23)/i1D3. The second-order valence-electron chi connectivity index (χ2n) is 5.18. The Morgan fingerprint density at radius 3 is 2.57 bits per heavy atom. The molecule has 0 aliphatic heterocycles. The van der Waals surface area contributed by atoms with Gasteiger partial charge >= 0.3 is 6.09 Å². The van der Waals surface area contributed by atoms with Crippen molar-refractivity contribution >= 4 is 39.2 Å². The number of nitrogens with zero attached hydrogens (tertiary/aromatic N) is 3. The molecule has 2 aromatic heterocycles. The van der Waals surface area contributed by atoms with E-state index in [0.717, 1.165) is 19.4 Å². The number of aromatic nitrogens is 3. The molecule has 0 aliphatic rings. The summed E-state index contributed by atoms with van der Waals surface area (Å²) in [4.78, 5) is 27.5. The van der Waals surface area contributed by atoms with Gasteiger partial charge in [-0.25, -0.2) is 18.2 Å². The summed E-state index contributed by atoms with van der Waals surface area (Å²) in [7, 11) is -1.37. The van der Waals surface area contributed by atoms with Crippen molar-refractivity contribution in [2.45, 2.75) is 4.90 Å². The van der Waals surface area contributed by atoms with Crippen molar-refractivity contribution in [2.75, 3.05) is 38.1 Å². The Bertz CT molecular complexity index is 1110. The van der Waals surface area contributed by atoms with E-state index in [-0.39, 0.29) is 28.0 Å². The lowest BCUT2D eigenvalue weighted by Crippen LogP contribution is -2.22. The molecule has 2 rings (SSSR count). The summed E-state index contributed by atoms with van der Waals surface area (Å²) < 4.78 is 55.3. The second-order valence-corrected chi connectivity index (χ2v) is 7.17. The SMILES string of the molecule is [2H]C([2H])([2H])NC(=O)c1nnc(NC(=O)OC)cc1Nc1ncc(OC)cc1S(C)(=O)=O. The van der Waals surface area contributed by atoms with Gasteiger partial charge in [0.25, 0.3) is 5.91 Å². The van der Waals surface area contributed by atoms with Gasteiger partial charge in [0, 0.05) is 29.5 Å². The maximum Gasteiger partial charge on any atom is 0.412 e. The summed E-state index contributed by atoms with van der Waals surface area (Å²) in [5, 5.41) is 13.8. The number of hydrogen-bond acceptors (Lipinski definition) is 10. The topological polar surface area (TPSA) is 162 Å². The van der Waals surface area contributed by atoms with Crippen LogP contribution in [0.25, 0.3) is 0 Å². The van der Waals surface area contributed by atoms with Gasteiger partial charge in [-0.15, -0.1) is 10.2 Å². The van der Waals surface area contributed by atoms with Gasteiger partial charge in [0.15, 0.2) is 21.3 Å². The highest BCUT2D eigenvalue weighted by Gasteiger charge is 2.21. The zero-order valence-corrected chi connectivity index (χ0v) is 15.7. The molecule has 0 fully saturated rings. The van der Waals surface area contributed by atoms with Crippen LogP contribution in [0, 0.1) is 0 Å². The molecule has 0 spiro atoms. The number of ether oxygens (including phenoxy) is 2. The highest BCUT2D eigenvalue weighted by Crippen LogP contribution is 2.28. The summed E-state index contributed by atoms with van der Waals surface area (Å²) in [6.07, 6.45) is 1.27. The average molecular weight is 413 g/mol. The lowest BCUT2D eigenvalue weighted by atomic mass is 10.3. The van der Waals surface area contributed by atoms with Gasteiger partial charge in [0.1, 0.15) is 16.5 Å². The number of anilines is 3. The lowest BCUT2D eigenvalue weighted by molar-refractivity contribution is 0.0958. The molecule has 0 saturated heterocycles. The van der Waals surface area contributed by atoms with E-state index in [1.54, 1.807) is 5.32 Å². The van der Waals surface area contributed by atoms with Crippen molar-refractivity contribution in [3.63, 3.8) is 0 Å². The molecule has 2 aromatic rings. The van der Waals surface area contributed by atoms with E-state index in [9.17, 15) is 18.0 Å². The molecule has 13 heteroatoms. The minimum atomic E-state index is -3.80. The van der Waals surface area contributed by atoms with Gasteiger partial charge in [0.2, 0.25) is 0 Å². The van der Waals surface area contributed by atoms with Crippen LogP contribution in [0.4, 0.5) is 22.1 Å². The molecular formula is C15H18N6O6S. The van der Waals surface area contributed by atoms with Crippen LogP contribution in [0.15, 0.2) is 23.2 Å². The highest BCUT2D eigenvalue weighted by atomic mass is 32.2. The molecule has 0 unspecified atom stereocenters. The van der Waals surface area contributed by atoms with E-state index in [1.807, 2.05) is 0 Å². The third-order valence-corrected chi connectivity index (χ3v) is 4.36. The average Bonchev–Trinajstić information content (AvgIpc) is 2.66. The largest absolute Gasteiger partial charge is 0.495 e. The Hall–Kier alpha value is -3.48. The molecule has 0 aliphatic carbocycles. The normalized spacial score (nSPS) is 12.8. The summed E-state index contributed by atoms with van der Waals surface area (Å²) in [5.41, 5.74) is -0.686. The first-order chi connectivity index (χ1) is 14.3. The maximum atomic E-state index is 12.4. The fourth-order valence-electron chi connectivity index (χ4n) is 1.97. The molecule has 0 saturated carbocycles. The summed E-state index contributed by atoms with van der Waals surface area (Å²) in [5.74, 6) is -1.35. The van der Waals surface area contributed by atoms with Gasteiger partial charge in [-0.3, -0.25) is 10.1 Å². The van der Waals surface area contributed by atoms with Crippen molar-refractivity contribution in [3.8, 4) is 5.75 Å². The monoisotopic (exact) mass is 413 g/mol. The van der Waals surface area contributed by atoms with Crippen LogP contribution in [-0.4, -0.2) is 63.1 Å². The first-order valence-electron chi connectivity index (χ1n) is 8.90. The van der Waals surface area contributed by atoms with Gasteiger partial charge in [-0.1, -0.05) is 0 Å². The van der Waals surface area contributed by atoms with E-state index >= 15 is 0 Å². The third-order valence-electron chi connectivity index (χ3n) is 3.25. The number of carbonyl (C=O) groups excluding carboxylic acids is 2. The summed E-state index contributed by atoms with van der Waals surface area (Å²) >= 11 is 0.